The Morgan fingerprint density at radius 2 is 2.04 bits per heavy atom. The van der Waals surface area contributed by atoms with E-state index in [9.17, 15) is 9.59 Å². The first-order chi connectivity index (χ1) is 11.7. The van der Waals surface area contributed by atoms with Crippen molar-refractivity contribution in [2.75, 3.05) is 25.1 Å². The van der Waals surface area contributed by atoms with Crippen LogP contribution < -0.4 is 10.2 Å². The molecule has 0 bridgehead atoms. The number of alkyl carbamates (subject to hydrolysis) is 1. The fourth-order valence-corrected chi connectivity index (χ4v) is 3.52. The van der Waals surface area contributed by atoms with Gasteiger partial charge in [0.1, 0.15) is 5.60 Å². The summed E-state index contributed by atoms with van der Waals surface area (Å²) in [4.78, 5) is 30.0. The molecule has 7 nitrogen and oxygen atoms in total. The Balaban J connectivity index is 1.61. The van der Waals surface area contributed by atoms with E-state index in [2.05, 4.69) is 15.2 Å². The van der Waals surface area contributed by atoms with Crippen molar-refractivity contribution in [2.24, 2.45) is 0 Å². The standard InChI is InChI=1S/C17H21N3O4S/c1-17(2,3)24-16(22)18-11-8-20(9-11)15-19-12-6-5-10(14(21)23-4)7-13(12)25-15/h5-7,11H,8-9H2,1-4H3,(H,18,22). The highest BCUT2D eigenvalue weighted by Gasteiger charge is 2.31. The molecule has 0 unspecified atom stereocenters. The Morgan fingerprint density at radius 1 is 1.32 bits per heavy atom. The van der Waals surface area contributed by atoms with Crippen molar-refractivity contribution >= 4 is 38.7 Å². The van der Waals surface area contributed by atoms with Gasteiger partial charge in [-0.3, -0.25) is 0 Å². The lowest BCUT2D eigenvalue weighted by Gasteiger charge is -2.39. The van der Waals surface area contributed by atoms with E-state index in [1.165, 1.54) is 18.4 Å². The summed E-state index contributed by atoms with van der Waals surface area (Å²) in [6, 6.07) is 5.37. The van der Waals surface area contributed by atoms with Crippen LogP contribution >= 0.6 is 11.3 Å². The van der Waals surface area contributed by atoms with Crippen LogP contribution in [0, 0.1) is 0 Å². The average Bonchev–Trinajstić information content (AvgIpc) is 2.90. The molecule has 2 aromatic rings. The third kappa shape index (κ3) is 4.01. The van der Waals surface area contributed by atoms with E-state index in [1.54, 1.807) is 12.1 Å². The second kappa shape index (κ2) is 6.51. The third-order valence-electron chi connectivity index (χ3n) is 3.67. The van der Waals surface area contributed by atoms with Crippen molar-refractivity contribution in [1.29, 1.82) is 0 Å². The molecule has 1 saturated heterocycles. The van der Waals surface area contributed by atoms with E-state index in [-0.39, 0.29) is 12.0 Å². The Morgan fingerprint density at radius 3 is 2.68 bits per heavy atom. The maximum atomic E-state index is 11.8. The summed E-state index contributed by atoms with van der Waals surface area (Å²) >= 11 is 1.52. The number of rotatable bonds is 3. The van der Waals surface area contributed by atoms with E-state index >= 15 is 0 Å². The van der Waals surface area contributed by atoms with Gasteiger partial charge in [0.15, 0.2) is 5.13 Å². The molecular weight excluding hydrogens is 342 g/mol. The zero-order valence-electron chi connectivity index (χ0n) is 14.7. The minimum absolute atomic E-state index is 0.0486. The molecule has 0 aliphatic carbocycles. The Labute approximate surface area is 149 Å². The molecule has 1 aliphatic heterocycles. The molecule has 3 rings (SSSR count). The summed E-state index contributed by atoms with van der Waals surface area (Å²) in [5.41, 5.74) is 0.854. The van der Waals surface area contributed by atoms with Crippen molar-refractivity contribution in [3.8, 4) is 0 Å². The van der Waals surface area contributed by atoms with Crippen LogP contribution in [0.5, 0.6) is 0 Å². The molecule has 2 heterocycles. The number of fused-ring (bicyclic) bond motifs is 1. The number of benzene rings is 1. The second-order valence-electron chi connectivity index (χ2n) is 6.92. The fourth-order valence-electron chi connectivity index (χ4n) is 2.49. The molecule has 1 aromatic carbocycles. The van der Waals surface area contributed by atoms with Crippen LogP contribution in [0.1, 0.15) is 31.1 Å². The van der Waals surface area contributed by atoms with E-state index in [0.717, 1.165) is 15.3 Å². The maximum Gasteiger partial charge on any atom is 0.407 e. The van der Waals surface area contributed by atoms with Crippen LogP contribution in [0.4, 0.5) is 9.93 Å². The first-order valence-corrected chi connectivity index (χ1v) is 8.80. The number of esters is 1. The van der Waals surface area contributed by atoms with Crippen molar-refractivity contribution in [3.05, 3.63) is 23.8 Å². The van der Waals surface area contributed by atoms with E-state index in [0.29, 0.717) is 18.7 Å². The topological polar surface area (TPSA) is 80.8 Å². The highest BCUT2D eigenvalue weighted by Crippen LogP contribution is 2.32. The van der Waals surface area contributed by atoms with Gasteiger partial charge in [-0.15, -0.1) is 0 Å². The molecular formula is C17H21N3O4S. The Kier molecular flexibility index (Phi) is 4.55. The molecule has 1 aliphatic rings. The van der Waals surface area contributed by atoms with E-state index in [4.69, 9.17) is 9.47 Å². The molecule has 0 saturated carbocycles. The highest BCUT2D eigenvalue weighted by atomic mass is 32.1. The summed E-state index contributed by atoms with van der Waals surface area (Å²) in [6.45, 7) is 6.88. The van der Waals surface area contributed by atoms with Crippen molar-refractivity contribution in [2.45, 2.75) is 32.4 Å². The summed E-state index contributed by atoms with van der Waals surface area (Å²) in [7, 11) is 1.36. The minimum atomic E-state index is -0.502. The molecule has 134 valence electrons. The van der Waals surface area contributed by atoms with Crippen LogP contribution in [0.2, 0.25) is 0 Å². The third-order valence-corrected chi connectivity index (χ3v) is 4.75. The van der Waals surface area contributed by atoms with Crippen LogP contribution in [0.3, 0.4) is 0 Å². The summed E-state index contributed by atoms with van der Waals surface area (Å²) < 4.78 is 10.9. The SMILES string of the molecule is COC(=O)c1ccc2nc(N3CC(NC(=O)OC(C)(C)C)C3)sc2c1. The number of hydrogen-bond donors (Lipinski definition) is 1. The first kappa shape index (κ1) is 17.5. The zero-order valence-corrected chi connectivity index (χ0v) is 15.5. The van der Waals surface area contributed by atoms with Crippen LogP contribution in [0.25, 0.3) is 10.2 Å². The highest BCUT2D eigenvalue weighted by molar-refractivity contribution is 7.22. The Bertz CT molecular complexity index is 806. The molecule has 1 amide bonds. The molecule has 1 N–H and O–H groups in total. The van der Waals surface area contributed by atoms with Gasteiger partial charge in [-0.2, -0.15) is 0 Å². The van der Waals surface area contributed by atoms with Crippen LogP contribution in [-0.4, -0.2) is 48.9 Å². The quantitative estimate of drug-likeness (QED) is 0.845. The molecule has 0 radical (unpaired) electrons. The van der Waals surface area contributed by atoms with Crippen molar-refractivity contribution in [3.63, 3.8) is 0 Å². The molecule has 8 heteroatoms. The molecule has 1 aromatic heterocycles. The van der Waals surface area contributed by atoms with Crippen LogP contribution in [-0.2, 0) is 9.47 Å². The lowest BCUT2D eigenvalue weighted by atomic mass is 10.1. The number of ether oxygens (including phenoxy) is 2. The lowest BCUT2D eigenvalue weighted by molar-refractivity contribution is 0.0495. The normalized spacial score (nSPS) is 15.0. The number of aromatic nitrogens is 1. The zero-order chi connectivity index (χ0) is 18.2. The van der Waals surface area contributed by atoms with Crippen molar-refractivity contribution < 1.29 is 19.1 Å². The summed E-state index contributed by atoms with van der Waals surface area (Å²) in [5, 5.41) is 3.73. The van der Waals surface area contributed by atoms with Gasteiger partial charge >= 0.3 is 12.1 Å². The van der Waals surface area contributed by atoms with Gasteiger partial charge in [0, 0.05) is 13.1 Å². The van der Waals surface area contributed by atoms with Crippen molar-refractivity contribution in [1.82, 2.24) is 10.3 Å². The first-order valence-electron chi connectivity index (χ1n) is 7.98. The molecule has 0 atom stereocenters. The number of anilines is 1. The monoisotopic (exact) mass is 363 g/mol. The van der Waals surface area contributed by atoms with Gasteiger partial charge in [-0.25, -0.2) is 14.6 Å². The molecule has 25 heavy (non-hydrogen) atoms. The Hall–Kier alpha value is -2.35. The van der Waals surface area contributed by atoms with Gasteiger partial charge in [0.25, 0.3) is 0 Å². The van der Waals surface area contributed by atoms with Crippen LogP contribution in [0.15, 0.2) is 18.2 Å². The predicted molar refractivity (Wildman–Crippen MR) is 96.3 cm³/mol. The average molecular weight is 363 g/mol. The number of amides is 1. The van der Waals surface area contributed by atoms with Gasteiger partial charge in [0.05, 0.1) is 28.9 Å². The van der Waals surface area contributed by atoms with Gasteiger partial charge in [0.2, 0.25) is 0 Å². The number of nitrogens with zero attached hydrogens (tertiary/aromatic N) is 2. The van der Waals surface area contributed by atoms with E-state index < -0.39 is 11.7 Å². The van der Waals surface area contributed by atoms with E-state index in [1.807, 2.05) is 26.8 Å². The van der Waals surface area contributed by atoms with Gasteiger partial charge in [-0.1, -0.05) is 11.3 Å². The number of carbonyl (C=O) groups excluding carboxylic acids is 2. The number of hydrogen-bond acceptors (Lipinski definition) is 7. The largest absolute Gasteiger partial charge is 0.465 e. The number of carbonyl (C=O) groups is 2. The minimum Gasteiger partial charge on any atom is -0.465 e. The van der Waals surface area contributed by atoms with Gasteiger partial charge < -0.3 is 19.7 Å². The summed E-state index contributed by atoms with van der Waals surface area (Å²) in [6.07, 6.45) is -0.399. The maximum absolute atomic E-state index is 11.8. The summed E-state index contributed by atoms with van der Waals surface area (Å²) in [5.74, 6) is -0.359. The fraction of sp³-hybridized carbons (Fsp3) is 0.471. The van der Waals surface area contributed by atoms with Gasteiger partial charge in [-0.05, 0) is 39.0 Å². The number of nitrogens with one attached hydrogen (secondary N) is 1. The smallest absolute Gasteiger partial charge is 0.407 e. The predicted octanol–water partition coefficient (Wildman–Crippen LogP) is 2.80. The molecule has 0 spiro atoms. The lowest BCUT2D eigenvalue weighted by Crippen LogP contribution is -2.60. The number of thiazole rings is 1. The second-order valence-corrected chi connectivity index (χ2v) is 7.93. The molecule has 1 fully saturated rings. The number of methoxy groups -OCH3 is 1.